The first-order valence-corrected chi connectivity index (χ1v) is 12.2. The van der Waals surface area contributed by atoms with Gasteiger partial charge >= 0.3 is 0 Å². The summed E-state index contributed by atoms with van der Waals surface area (Å²) in [5.74, 6) is -1.03. The smallest absolute Gasteiger partial charge is 0.300 e. The fourth-order valence-electron chi connectivity index (χ4n) is 4.75. The van der Waals surface area contributed by atoms with E-state index in [-0.39, 0.29) is 11.3 Å². The molecule has 0 spiro atoms. The molecule has 1 amide bonds. The number of nitrogens with zero attached hydrogens (tertiary/aromatic N) is 2. The van der Waals surface area contributed by atoms with E-state index in [1.54, 1.807) is 30.3 Å². The van der Waals surface area contributed by atoms with Crippen molar-refractivity contribution >= 4 is 39.6 Å². The lowest BCUT2D eigenvalue weighted by Gasteiger charge is -2.26. The third-order valence-electron chi connectivity index (χ3n) is 6.60. The summed E-state index contributed by atoms with van der Waals surface area (Å²) in [5, 5.41) is 13.4. The van der Waals surface area contributed by atoms with E-state index in [9.17, 15) is 14.7 Å². The first kappa shape index (κ1) is 24.1. The summed E-state index contributed by atoms with van der Waals surface area (Å²) in [6.07, 6.45) is 0. The van der Waals surface area contributed by atoms with Gasteiger partial charge in [0.2, 0.25) is 0 Å². The number of Topliss-reactive ketones (excluding diaryl/α,β-unsaturated/α-hetero) is 1. The molecular weight excluding hydrogens is 464 g/mol. The molecule has 4 aromatic carbocycles. The molecule has 1 saturated heterocycles. The number of anilines is 2. The number of amides is 1. The average molecular weight is 493 g/mol. The molecule has 0 aliphatic carbocycles. The van der Waals surface area contributed by atoms with Crippen molar-refractivity contribution in [2.45, 2.75) is 13.0 Å². The zero-order valence-electron chi connectivity index (χ0n) is 21.0. The van der Waals surface area contributed by atoms with Gasteiger partial charge in [-0.3, -0.25) is 14.5 Å². The molecule has 1 aliphatic heterocycles. The number of aliphatic hydroxyl groups excluding tert-OH is 1. The molecule has 4 aromatic rings. The molecule has 6 heteroatoms. The lowest BCUT2D eigenvalue weighted by Crippen LogP contribution is -2.29. The van der Waals surface area contributed by atoms with Crippen molar-refractivity contribution < 1.29 is 19.4 Å². The van der Waals surface area contributed by atoms with Crippen molar-refractivity contribution in [1.82, 2.24) is 0 Å². The maximum absolute atomic E-state index is 13.5. The van der Waals surface area contributed by atoms with E-state index >= 15 is 0 Å². The van der Waals surface area contributed by atoms with E-state index in [1.807, 2.05) is 86.6 Å². The topological polar surface area (TPSA) is 70.1 Å². The Bertz CT molecular complexity index is 1520. The Labute approximate surface area is 216 Å². The van der Waals surface area contributed by atoms with E-state index in [4.69, 9.17) is 4.74 Å². The molecular formula is C31H28N2O4. The molecule has 1 fully saturated rings. The molecule has 1 heterocycles. The highest BCUT2D eigenvalue weighted by Crippen LogP contribution is 2.43. The number of fused-ring (bicyclic) bond motifs is 1. The average Bonchev–Trinajstić information content (AvgIpc) is 3.18. The van der Waals surface area contributed by atoms with Crippen molar-refractivity contribution in [3.05, 3.63) is 108 Å². The van der Waals surface area contributed by atoms with Gasteiger partial charge in [0.1, 0.15) is 11.5 Å². The minimum atomic E-state index is -0.806. The quantitative estimate of drug-likeness (QED) is 0.205. The van der Waals surface area contributed by atoms with Crippen LogP contribution in [0.4, 0.5) is 11.4 Å². The molecule has 1 aliphatic rings. The molecule has 0 saturated carbocycles. The van der Waals surface area contributed by atoms with Crippen LogP contribution in [0.5, 0.6) is 5.75 Å². The molecule has 0 bridgehead atoms. The van der Waals surface area contributed by atoms with Gasteiger partial charge in [-0.05, 0) is 53.6 Å². The number of benzene rings is 4. The lowest BCUT2D eigenvalue weighted by molar-refractivity contribution is -0.132. The largest absolute Gasteiger partial charge is 0.507 e. The molecule has 1 atom stereocenters. The van der Waals surface area contributed by atoms with Crippen LogP contribution in [-0.2, 0) is 9.59 Å². The number of aliphatic hydroxyl groups is 1. The van der Waals surface area contributed by atoms with Gasteiger partial charge in [0, 0.05) is 37.1 Å². The zero-order valence-corrected chi connectivity index (χ0v) is 21.0. The van der Waals surface area contributed by atoms with Crippen LogP contribution in [0.2, 0.25) is 0 Å². The highest BCUT2D eigenvalue weighted by atomic mass is 16.5. The summed E-state index contributed by atoms with van der Waals surface area (Å²) in [7, 11) is 3.89. The van der Waals surface area contributed by atoms with Crippen LogP contribution >= 0.6 is 0 Å². The molecule has 0 radical (unpaired) electrons. The number of hydrogen-bond donors (Lipinski definition) is 1. The number of ketones is 1. The van der Waals surface area contributed by atoms with Crippen LogP contribution in [0.1, 0.15) is 24.1 Å². The predicted octanol–water partition coefficient (Wildman–Crippen LogP) is 5.93. The Hall–Kier alpha value is -4.58. The number of ether oxygens (including phenoxy) is 1. The number of rotatable bonds is 6. The highest BCUT2D eigenvalue weighted by molar-refractivity contribution is 6.51. The first-order valence-electron chi connectivity index (χ1n) is 12.2. The summed E-state index contributed by atoms with van der Waals surface area (Å²) in [4.78, 5) is 30.4. The summed E-state index contributed by atoms with van der Waals surface area (Å²) < 4.78 is 5.65. The second kappa shape index (κ2) is 9.82. The Morgan fingerprint density at radius 2 is 1.62 bits per heavy atom. The molecule has 6 nitrogen and oxygen atoms in total. The summed E-state index contributed by atoms with van der Waals surface area (Å²) in [5.41, 5.74) is 2.75. The molecule has 186 valence electrons. The van der Waals surface area contributed by atoms with E-state index in [0.717, 1.165) is 16.5 Å². The number of hydrogen-bond acceptors (Lipinski definition) is 5. The van der Waals surface area contributed by atoms with Crippen LogP contribution in [0.3, 0.4) is 0 Å². The minimum absolute atomic E-state index is 0.0553. The van der Waals surface area contributed by atoms with Gasteiger partial charge in [0.25, 0.3) is 11.7 Å². The Balaban J connectivity index is 1.70. The Kier molecular flexibility index (Phi) is 6.40. The highest BCUT2D eigenvalue weighted by Gasteiger charge is 2.47. The van der Waals surface area contributed by atoms with Crippen LogP contribution < -0.4 is 14.5 Å². The zero-order chi connectivity index (χ0) is 26.1. The van der Waals surface area contributed by atoms with Crippen molar-refractivity contribution in [3.8, 4) is 5.75 Å². The standard InChI is InChI=1S/C31H28N2O4/c1-4-37-26-11-7-10-25(19-26)33-28(21-14-16-24(17-15-21)32(2)3)27(30(35)31(33)36)29(34)23-13-12-20-8-5-6-9-22(20)18-23/h5-19,28,34H,4H2,1-3H3/b29-27-. The number of carbonyl (C=O) groups excluding carboxylic acids is 2. The third-order valence-corrected chi connectivity index (χ3v) is 6.60. The second-order valence-electron chi connectivity index (χ2n) is 9.15. The molecule has 5 rings (SSSR count). The van der Waals surface area contributed by atoms with Gasteiger partial charge in [-0.25, -0.2) is 0 Å². The molecule has 1 N–H and O–H groups in total. The molecule has 1 unspecified atom stereocenters. The van der Waals surface area contributed by atoms with Gasteiger partial charge in [0.15, 0.2) is 0 Å². The number of carbonyl (C=O) groups is 2. The SMILES string of the molecule is CCOc1cccc(N2C(=O)C(=O)/C(=C(\O)c3ccc4ccccc4c3)C2c2ccc(N(C)C)cc2)c1. The van der Waals surface area contributed by atoms with Crippen molar-refractivity contribution in [1.29, 1.82) is 0 Å². The fourth-order valence-corrected chi connectivity index (χ4v) is 4.75. The van der Waals surface area contributed by atoms with Crippen LogP contribution in [0.15, 0.2) is 96.6 Å². The van der Waals surface area contributed by atoms with Gasteiger partial charge in [-0.2, -0.15) is 0 Å². The van der Waals surface area contributed by atoms with E-state index < -0.39 is 17.7 Å². The van der Waals surface area contributed by atoms with Crippen molar-refractivity contribution in [2.75, 3.05) is 30.5 Å². The van der Waals surface area contributed by atoms with Crippen molar-refractivity contribution in [2.24, 2.45) is 0 Å². The van der Waals surface area contributed by atoms with Gasteiger partial charge in [-0.1, -0.05) is 54.6 Å². The third kappa shape index (κ3) is 4.42. The van der Waals surface area contributed by atoms with Gasteiger partial charge in [0.05, 0.1) is 18.2 Å². The molecule has 0 aromatic heterocycles. The summed E-state index contributed by atoms with van der Waals surface area (Å²) in [6, 6.07) is 27.2. The lowest BCUT2D eigenvalue weighted by atomic mass is 9.94. The minimum Gasteiger partial charge on any atom is -0.507 e. The van der Waals surface area contributed by atoms with Crippen LogP contribution in [0.25, 0.3) is 16.5 Å². The predicted molar refractivity (Wildman–Crippen MR) is 147 cm³/mol. The molecule has 37 heavy (non-hydrogen) atoms. The summed E-state index contributed by atoms with van der Waals surface area (Å²) >= 11 is 0. The normalized spacial score (nSPS) is 16.8. The van der Waals surface area contributed by atoms with E-state index in [1.165, 1.54) is 4.90 Å². The van der Waals surface area contributed by atoms with Crippen LogP contribution in [0, 0.1) is 0 Å². The first-order chi connectivity index (χ1) is 17.9. The monoisotopic (exact) mass is 492 g/mol. The second-order valence-corrected chi connectivity index (χ2v) is 9.15. The van der Waals surface area contributed by atoms with Crippen molar-refractivity contribution in [3.63, 3.8) is 0 Å². The summed E-state index contributed by atoms with van der Waals surface area (Å²) in [6.45, 7) is 2.36. The van der Waals surface area contributed by atoms with E-state index in [0.29, 0.717) is 29.2 Å². The Morgan fingerprint density at radius 1 is 0.892 bits per heavy atom. The van der Waals surface area contributed by atoms with E-state index in [2.05, 4.69) is 0 Å². The van der Waals surface area contributed by atoms with Gasteiger partial charge < -0.3 is 14.7 Å². The van der Waals surface area contributed by atoms with Crippen LogP contribution in [-0.4, -0.2) is 37.5 Å². The fraction of sp³-hybridized carbons (Fsp3) is 0.161. The maximum atomic E-state index is 13.5. The van der Waals surface area contributed by atoms with Gasteiger partial charge in [-0.15, -0.1) is 0 Å². The maximum Gasteiger partial charge on any atom is 0.300 e. The Morgan fingerprint density at radius 3 is 2.32 bits per heavy atom.